The van der Waals surface area contributed by atoms with Gasteiger partial charge in [-0.05, 0) is 25.3 Å². The molecule has 1 atom stereocenters. The van der Waals surface area contributed by atoms with Crippen molar-refractivity contribution in [1.29, 1.82) is 0 Å². The summed E-state index contributed by atoms with van der Waals surface area (Å²) in [6.07, 6.45) is 3.19. The number of rotatable bonds is 6. The quantitative estimate of drug-likeness (QED) is 0.859. The third kappa shape index (κ3) is 4.04. The summed E-state index contributed by atoms with van der Waals surface area (Å²) in [6, 6.07) is 3.41. The maximum absolute atomic E-state index is 5.64. The standard InChI is InChI=1S/C14H24N2OS/c1-11(2)15-7-12-6-14(17-9-12)8-16(3)13-4-5-18-10-13/h6,9,11,13,15H,4-5,7-8,10H2,1-3H3. The van der Waals surface area contributed by atoms with E-state index in [0.29, 0.717) is 6.04 Å². The summed E-state index contributed by atoms with van der Waals surface area (Å²) in [6.45, 7) is 6.14. The second-order valence-electron chi connectivity index (χ2n) is 5.39. The Morgan fingerprint density at radius 2 is 2.39 bits per heavy atom. The third-order valence-electron chi connectivity index (χ3n) is 3.36. The molecule has 3 nitrogen and oxygen atoms in total. The van der Waals surface area contributed by atoms with Crippen molar-refractivity contribution in [2.75, 3.05) is 18.6 Å². The smallest absolute Gasteiger partial charge is 0.118 e. The molecule has 1 aliphatic heterocycles. The molecule has 0 aromatic carbocycles. The van der Waals surface area contributed by atoms with Crippen molar-refractivity contribution in [3.63, 3.8) is 0 Å². The minimum Gasteiger partial charge on any atom is -0.468 e. The number of hydrogen-bond donors (Lipinski definition) is 1. The average molecular weight is 268 g/mol. The van der Waals surface area contributed by atoms with Crippen LogP contribution in [0, 0.1) is 0 Å². The highest BCUT2D eigenvalue weighted by molar-refractivity contribution is 7.99. The molecule has 0 bridgehead atoms. The highest BCUT2D eigenvalue weighted by Gasteiger charge is 2.20. The Bertz CT molecular complexity index is 358. The van der Waals surface area contributed by atoms with Crippen molar-refractivity contribution in [1.82, 2.24) is 10.2 Å². The van der Waals surface area contributed by atoms with Gasteiger partial charge in [-0.3, -0.25) is 4.90 Å². The molecule has 18 heavy (non-hydrogen) atoms. The zero-order valence-corrected chi connectivity index (χ0v) is 12.4. The van der Waals surface area contributed by atoms with E-state index in [4.69, 9.17) is 4.42 Å². The van der Waals surface area contributed by atoms with Crippen LogP contribution in [0.25, 0.3) is 0 Å². The van der Waals surface area contributed by atoms with Crippen LogP contribution in [0.1, 0.15) is 31.6 Å². The predicted molar refractivity (Wildman–Crippen MR) is 77.9 cm³/mol. The van der Waals surface area contributed by atoms with Crippen molar-refractivity contribution in [2.45, 2.75) is 45.4 Å². The molecule has 0 spiro atoms. The van der Waals surface area contributed by atoms with Gasteiger partial charge in [-0.1, -0.05) is 13.8 Å². The summed E-state index contributed by atoms with van der Waals surface area (Å²) < 4.78 is 5.64. The topological polar surface area (TPSA) is 28.4 Å². The molecule has 102 valence electrons. The predicted octanol–water partition coefficient (Wildman–Crippen LogP) is 2.71. The number of nitrogens with zero attached hydrogens (tertiary/aromatic N) is 1. The van der Waals surface area contributed by atoms with Crippen molar-refractivity contribution in [3.05, 3.63) is 23.7 Å². The molecule has 1 N–H and O–H groups in total. The highest BCUT2D eigenvalue weighted by atomic mass is 32.2. The Kier molecular flexibility index (Phi) is 5.15. The fourth-order valence-corrected chi connectivity index (χ4v) is 3.47. The van der Waals surface area contributed by atoms with Crippen LogP contribution < -0.4 is 5.32 Å². The second-order valence-corrected chi connectivity index (χ2v) is 6.54. The first-order valence-corrected chi connectivity index (χ1v) is 7.88. The lowest BCUT2D eigenvalue weighted by molar-refractivity contribution is 0.234. The van der Waals surface area contributed by atoms with Gasteiger partial charge in [0.05, 0.1) is 12.8 Å². The molecule has 1 aromatic rings. The molecule has 1 aliphatic rings. The first-order valence-electron chi connectivity index (χ1n) is 6.73. The first kappa shape index (κ1) is 14.0. The number of furan rings is 1. The molecule has 1 aromatic heterocycles. The Morgan fingerprint density at radius 1 is 1.56 bits per heavy atom. The molecular formula is C14H24N2OS. The summed E-state index contributed by atoms with van der Waals surface area (Å²) in [5, 5.41) is 3.41. The lowest BCUT2D eigenvalue weighted by atomic mass is 10.2. The van der Waals surface area contributed by atoms with Crippen LogP contribution in [0.3, 0.4) is 0 Å². The number of hydrogen-bond acceptors (Lipinski definition) is 4. The first-order chi connectivity index (χ1) is 8.65. The van der Waals surface area contributed by atoms with E-state index in [1.165, 1.54) is 23.5 Å². The van der Waals surface area contributed by atoms with Gasteiger partial charge < -0.3 is 9.73 Å². The van der Waals surface area contributed by atoms with Gasteiger partial charge in [0.25, 0.3) is 0 Å². The van der Waals surface area contributed by atoms with Crippen LogP contribution >= 0.6 is 11.8 Å². The van der Waals surface area contributed by atoms with Gasteiger partial charge in [0, 0.05) is 29.9 Å². The normalized spacial score (nSPS) is 20.2. The molecule has 1 fully saturated rings. The Hall–Kier alpha value is -0.450. The van der Waals surface area contributed by atoms with Gasteiger partial charge in [-0.25, -0.2) is 0 Å². The summed E-state index contributed by atoms with van der Waals surface area (Å²) in [5.74, 6) is 3.64. The Balaban J connectivity index is 1.82. The summed E-state index contributed by atoms with van der Waals surface area (Å²) in [7, 11) is 2.20. The van der Waals surface area contributed by atoms with Crippen LogP contribution in [0.5, 0.6) is 0 Å². The molecule has 0 aliphatic carbocycles. The molecule has 0 saturated carbocycles. The van der Waals surface area contributed by atoms with E-state index in [0.717, 1.165) is 24.9 Å². The van der Waals surface area contributed by atoms with Crippen molar-refractivity contribution >= 4 is 11.8 Å². The van der Waals surface area contributed by atoms with Gasteiger partial charge in [0.2, 0.25) is 0 Å². The van der Waals surface area contributed by atoms with Crippen molar-refractivity contribution in [2.24, 2.45) is 0 Å². The lowest BCUT2D eigenvalue weighted by Crippen LogP contribution is -2.30. The molecule has 0 amide bonds. The molecule has 0 radical (unpaired) electrons. The zero-order chi connectivity index (χ0) is 13.0. The number of thioether (sulfide) groups is 1. The monoisotopic (exact) mass is 268 g/mol. The Labute approximate surface area is 114 Å². The lowest BCUT2D eigenvalue weighted by Gasteiger charge is -2.21. The molecule has 2 rings (SSSR count). The largest absolute Gasteiger partial charge is 0.468 e. The van der Waals surface area contributed by atoms with Crippen LogP contribution in [0.4, 0.5) is 0 Å². The van der Waals surface area contributed by atoms with Gasteiger partial charge in [-0.2, -0.15) is 11.8 Å². The maximum Gasteiger partial charge on any atom is 0.118 e. The third-order valence-corrected chi connectivity index (χ3v) is 4.50. The number of nitrogens with one attached hydrogen (secondary N) is 1. The molecule has 2 heterocycles. The maximum atomic E-state index is 5.64. The fraction of sp³-hybridized carbons (Fsp3) is 0.714. The molecule has 1 saturated heterocycles. The van der Waals surface area contributed by atoms with E-state index in [-0.39, 0.29) is 0 Å². The van der Waals surface area contributed by atoms with Gasteiger partial charge >= 0.3 is 0 Å². The van der Waals surface area contributed by atoms with E-state index in [1.54, 1.807) is 0 Å². The van der Waals surface area contributed by atoms with E-state index in [9.17, 15) is 0 Å². The van der Waals surface area contributed by atoms with Crippen molar-refractivity contribution in [3.8, 4) is 0 Å². The van der Waals surface area contributed by atoms with E-state index in [2.05, 4.69) is 48.9 Å². The van der Waals surface area contributed by atoms with Crippen LogP contribution in [0.2, 0.25) is 0 Å². The molecule has 1 unspecified atom stereocenters. The molecule has 4 heteroatoms. The summed E-state index contributed by atoms with van der Waals surface area (Å²) >= 11 is 2.06. The fourth-order valence-electron chi connectivity index (χ4n) is 2.17. The second kappa shape index (κ2) is 6.64. The summed E-state index contributed by atoms with van der Waals surface area (Å²) in [5.41, 5.74) is 1.24. The van der Waals surface area contributed by atoms with E-state index >= 15 is 0 Å². The summed E-state index contributed by atoms with van der Waals surface area (Å²) in [4.78, 5) is 2.42. The van der Waals surface area contributed by atoms with E-state index < -0.39 is 0 Å². The van der Waals surface area contributed by atoms with Gasteiger partial charge in [0.15, 0.2) is 0 Å². The van der Waals surface area contributed by atoms with Crippen LogP contribution in [-0.4, -0.2) is 35.5 Å². The SMILES string of the molecule is CC(C)NCc1coc(CN(C)C2CCSC2)c1. The van der Waals surface area contributed by atoms with Gasteiger partial charge in [0.1, 0.15) is 5.76 Å². The minimum absolute atomic E-state index is 0.515. The Morgan fingerprint density at radius 3 is 3.06 bits per heavy atom. The van der Waals surface area contributed by atoms with Crippen LogP contribution in [-0.2, 0) is 13.1 Å². The van der Waals surface area contributed by atoms with E-state index in [1.807, 2.05) is 6.26 Å². The van der Waals surface area contributed by atoms with Gasteiger partial charge in [-0.15, -0.1) is 0 Å². The van der Waals surface area contributed by atoms with Crippen LogP contribution in [0.15, 0.2) is 16.7 Å². The average Bonchev–Trinajstić information content (AvgIpc) is 2.97. The van der Waals surface area contributed by atoms with Crippen molar-refractivity contribution < 1.29 is 4.42 Å². The minimum atomic E-state index is 0.515. The zero-order valence-electron chi connectivity index (χ0n) is 11.6. The highest BCUT2D eigenvalue weighted by Crippen LogP contribution is 2.23. The molecular weight excluding hydrogens is 244 g/mol.